The highest BCUT2D eigenvalue weighted by Crippen LogP contribution is 2.44. The van der Waals surface area contributed by atoms with Crippen LogP contribution in [-0.2, 0) is 6.42 Å². The first kappa shape index (κ1) is 24.4. The van der Waals surface area contributed by atoms with Gasteiger partial charge in [0.2, 0.25) is 0 Å². The summed E-state index contributed by atoms with van der Waals surface area (Å²) in [6.45, 7) is 15.6. The standard InChI is InChI=1S/C19H35N3.C2H6.C2H2/c1-6-14-9-15(11-19(4,5)10-14)7-8-17-18(21)16(20)12-22(17)13(2)3;2*1-2/h12-15H,6-11,20-21H2,1-5H3;1-2H3;1-2H. The van der Waals surface area contributed by atoms with Gasteiger partial charge in [0, 0.05) is 17.9 Å². The molecular formula is C23H43N3. The summed E-state index contributed by atoms with van der Waals surface area (Å²) < 4.78 is 2.26. The molecule has 150 valence electrons. The second kappa shape index (κ2) is 11.2. The van der Waals surface area contributed by atoms with Crippen LogP contribution in [-0.4, -0.2) is 4.57 Å². The number of rotatable bonds is 5. The van der Waals surface area contributed by atoms with Gasteiger partial charge in [-0.3, -0.25) is 0 Å². The van der Waals surface area contributed by atoms with Crippen molar-refractivity contribution >= 4 is 11.4 Å². The molecule has 1 saturated carbocycles. The monoisotopic (exact) mass is 361 g/mol. The number of anilines is 2. The Morgan fingerprint density at radius 2 is 1.69 bits per heavy atom. The molecule has 1 fully saturated rings. The van der Waals surface area contributed by atoms with Crippen molar-refractivity contribution in [2.75, 3.05) is 11.5 Å². The summed E-state index contributed by atoms with van der Waals surface area (Å²) in [5, 5.41) is 0. The van der Waals surface area contributed by atoms with Crippen LogP contribution in [0.15, 0.2) is 6.20 Å². The maximum atomic E-state index is 6.22. The van der Waals surface area contributed by atoms with E-state index in [1.165, 1.54) is 37.8 Å². The van der Waals surface area contributed by atoms with Crippen LogP contribution in [0.2, 0.25) is 0 Å². The van der Waals surface area contributed by atoms with E-state index in [4.69, 9.17) is 11.5 Å². The van der Waals surface area contributed by atoms with Crippen LogP contribution in [0.25, 0.3) is 0 Å². The zero-order chi connectivity index (χ0) is 20.5. The van der Waals surface area contributed by atoms with Gasteiger partial charge in [-0.25, -0.2) is 0 Å². The summed E-state index contributed by atoms with van der Waals surface area (Å²) in [5.41, 5.74) is 15.5. The van der Waals surface area contributed by atoms with Gasteiger partial charge in [0.25, 0.3) is 0 Å². The Kier molecular flexibility index (Phi) is 10.5. The molecule has 1 aromatic heterocycles. The van der Waals surface area contributed by atoms with Crippen LogP contribution in [0.1, 0.15) is 92.3 Å². The second-order valence-electron chi connectivity index (χ2n) is 8.43. The molecule has 0 saturated heterocycles. The van der Waals surface area contributed by atoms with Crippen molar-refractivity contribution in [3.8, 4) is 12.8 Å². The molecule has 2 rings (SSSR count). The number of hydrogen-bond acceptors (Lipinski definition) is 2. The zero-order valence-electron chi connectivity index (χ0n) is 18.3. The van der Waals surface area contributed by atoms with Crippen LogP contribution < -0.4 is 11.5 Å². The predicted molar refractivity (Wildman–Crippen MR) is 118 cm³/mol. The van der Waals surface area contributed by atoms with Gasteiger partial charge >= 0.3 is 0 Å². The number of nitrogens with two attached hydrogens (primary N) is 2. The third kappa shape index (κ3) is 6.63. The minimum Gasteiger partial charge on any atom is -0.396 e. The highest BCUT2D eigenvalue weighted by atomic mass is 15.0. The highest BCUT2D eigenvalue weighted by Gasteiger charge is 2.33. The molecule has 2 unspecified atom stereocenters. The van der Waals surface area contributed by atoms with E-state index in [1.807, 2.05) is 20.0 Å². The molecule has 1 aliphatic rings. The Morgan fingerprint density at radius 3 is 2.19 bits per heavy atom. The van der Waals surface area contributed by atoms with E-state index in [1.54, 1.807) is 0 Å². The lowest BCUT2D eigenvalue weighted by atomic mass is 9.66. The minimum absolute atomic E-state index is 0.417. The molecule has 1 aromatic rings. The summed E-state index contributed by atoms with van der Waals surface area (Å²) in [7, 11) is 0. The van der Waals surface area contributed by atoms with E-state index < -0.39 is 0 Å². The van der Waals surface area contributed by atoms with Crippen LogP contribution in [0.5, 0.6) is 0 Å². The number of nitrogen functional groups attached to an aromatic ring is 2. The van der Waals surface area contributed by atoms with Gasteiger partial charge in [-0.1, -0.05) is 41.0 Å². The molecule has 1 aliphatic carbocycles. The van der Waals surface area contributed by atoms with Crippen LogP contribution >= 0.6 is 0 Å². The van der Waals surface area contributed by atoms with E-state index >= 15 is 0 Å². The van der Waals surface area contributed by atoms with E-state index in [-0.39, 0.29) is 0 Å². The predicted octanol–water partition coefficient (Wildman–Crippen LogP) is 6.29. The van der Waals surface area contributed by atoms with Gasteiger partial charge in [0.05, 0.1) is 11.4 Å². The molecule has 0 bridgehead atoms. The molecule has 26 heavy (non-hydrogen) atoms. The summed E-state index contributed by atoms with van der Waals surface area (Å²) >= 11 is 0. The molecule has 0 spiro atoms. The first-order valence-electron chi connectivity index (χ1n) is 10.3. The van der Waals surface area contributed by atoms with Crippen molar-refractivity contribution in [2.24, 2.45) is 17.3 Å². The quantitative estimate of drug-likeness (QED) is 0.605. The van der Waals surface area contributed by atoms with Gasteiger partial charge in [-0.15, -0.1) is 12.8 Å². The Balaban J connectivity index is 0.00000146. The fraction of sp³-hybridized carbons (Fsp3) is 0.739. The third-order valence-corrected chi connectivity index (χ3v) is 5.48. The lowest BCUT2D eigenvalue weighted by Crippen LogP contribution is -2.29. The molecule has 0 aliphatic heterocycles. The van der Waals surface area contributed by atoms with Crippen molar-refractivity contribution in [1.29, 1.82) is 0 Å². The van der Waals surface area contributed by atoms with Gasteiger partial charge in [-0.05, 0) is 63.2 Å². The average Bonchev–Trinajstić information content (AvgIpc) is 2.90. The Bertz CT molecular complexity index is 537. The van der Waals surface area contributed by atoms with Gasteiger partial charge in [0.15, 0.2) is 0 Å². The number of aromatic nitrogens is 1. The maximum absolute atomic E-state index is 6.22. The van der Waals surface area contributed by atoms with E-state index in [9.17, 15) is 0 Å². The normalized spacial score (nSPS) is 21.3. The molecule has 3 heteroatoms. The van der Waals surface area contributed by atoms with Crippen LogP contribution in [0.3, 0.4) is 0 Å². The smallest absolute Gasteiger partial charge is 0.0761 e. The van der Waals surface area contributed by atoms with E-state index in [0.29, 0.717) is 11.5 Å². The van der Waals surface area contributed by atoms with Crippen molar-refractivity contribution in [3.63, 3.8) is 0 Å². The number of terminal acetylenes is 1. The molecule has 2 atom stereocenters. The highest BCUT2D eigenvalue weighted by molar-refractivity contribution is 5.66. The van der Waals surface area contributed by atoms with Gasteiger partial charge in [-0.2, -0.15) is 0 Å². The van der Waals surface area contributed by atoms with Crippen LogP contribution in [0.4, 0.5) is 11.4 Å². The molecule has 0 radical (unpaired) electrons. The lowest BCUT2D eigenvalue weighted by molar-refractivity contribution is 0.116. The first-order chi connectivity index (χ1) is 12.2. The largest absolute Gasteiger partial charge is 0.396 e. The van der Waals surface area contributed by atoms with Crippen molar-refractivity contribution in [2.45, 2.75) is 93.0 Å². The Hall–Kier alpha value is -1.56. The maximum Gasteiger partial charge on any atom is 0.0761 e. The number of nitrogens with zero attached hydrogens (tertiary/aromatic N) is 1. The SMILES string of the molecule is C#C.CC.CCC1CC(CCc2c(N)c(N)cn2C(C)C)CC(C)(C)C1. The van der Waals surface area contributed by atoms with Crippen molar-refractivity contribution < 1.29 is 0 Å². The van der Waals surface area contributed by atoms with E-state index in [0.717, 1.165) is 29.6 Å². The van der Waals surface area contributed by atoms with Crippen LogP contribution in [0, 0.1) is 30.1 Å². The molecule has 4 N–H and O–H groups in total. The Labute approximate surface area is 162 Å². The van der Waals surface area contributed by atoms with Gasteiger partial charge < -0.3 is 16.0 Å². The molecule has 0 aromatic carbocycles. The summed E-state index contributed by atoms with van der Waals surface area (Å²) in [6, 6.07) is 0.417. The summed E-state index contributed by atoms with van der Waals surface area (Å²) in [6.07, 6.45) is 17.7. The molecular weight excluding hydrogens is 318 g/mol. The lowest BCUT2D eigenvalue weighted by Gasteiger charge is -2.40. The summed E-state index contributed by atoms with van der Waals surface area (Å²) in [5.74, 6) is 1.72. The fourth-order valence-electron chi connectivity index (χ4n) is 4.48. The molecule has 1 heterocycles. The fourth-order valence-corrected chi connectivity index (χ4v) is 4.48. The van der Waals surface area contributed by atoms with Gasteiger partial charge in [0.1, 0.15) is 0 Å². The number of hydrogen-bond donors (Lipinski definition) is 2. The summed E-state index contributed by atoms with van der Waals surface area (Å²) in [4.78, 5) is 0. The van der Waals surface area contributed by atoms with Crippen molar-refractivity contribution in [3.05, 3.63) is 11.9 Å². The minimum atomic E-state index is 0.417. The zero-order valence-corrected chi connectivity index (χ0v) is 18.3. The Morgan fingerprint density at radius 1 is 1.15 bits per heavy atom. The topological polar surface area (TPSA) is 57.0 Å². The average molecular weight is 362 g/mol. The third-order valence-electron chi connectivity index (χ3n) is 5.48. The molecule has 0 amide bonds. The van der Waals surface area contributed by atoms with Crippen molar-refractivity contribution in [1.82, 2.24) is 4.57 Å². The first-order valence-corrected chi connectivity index (χ1v) is 10.3. The molecule has 3 nitrogen and oxygen atoms in total. The second-order valence-corrected chi connectivity index (χ2v) is 8.43. The van der Waals surface area contributed by atoms with E-state index in [2.05, 4.69) is 52.0 Å².